The molecule has 0 spiro atoms. The molecule has 2 aliphatic heterocycles. The van der Waals surface area contributed by atoms with Gasteiger partial charge in [0.2, 0.25) is 0 Å². The van der Waals surface area contributed by atoms with E-state index in [2.05, 4.69) is 18.7 Å². The monoisotopic (exact) mass is 330 g/mol. The van der Waals surface area contributed by atoms with Gasteiger partial charge in [-0.1, -0.05) is 13.8 Å². The predicted molar refractivity (Wildman–Crippen MR) is 96.4 cm³/mol. The molecule has 2 aliphatic rings. The van der Waals surface area contributed by atoms with E-state index in [-0.39, 0.29) is 5.91 Å². The zero-order chi connectivity index (χ0) is 17.1. The molecular weight excluding hydrogens is 300 g/mol. The molecule has 0 aliphatic carbocycles. The zero-order valence-electron chi connectivity index (χ0n) is 15.2. The van der Waals surface area contributed by atoms with Crippen LogP contribution in [0.5, 0.6) is 5.75 Å². The summed E-state index contributed by atoms with van der Waals surface area (Å²) in [5, 5.41) is 0. The number of amides is 1. The van der Waals surface area contributed by atoms with Gasteiger partial charge in [-0.05, 0) is 55.4 Å². The van der Waals surface area contributed by atoms with Gasteiger partial charge in [0, 0.05) is 37.8 Å². The van der Waals surface area contributed by atoms with Gasteiger partial charge in [-0.2, -0.15) is 0 Å². The van der Waals surface area contributed by atoms with Gasteiger partial charge in [0.25, 0.3) is 5.91 Å². The molecule has 0 radical (unpaired) electrons. The third-order valence-corrected chi connectivity index (χ3v) is 5.50. The van der Waals surface area contributed by atoms with E-state index in [1.807, 2.05) is 29.2 Å². The first-order valence-electron chi connectivity index (χ1n) is 9.24. The minimum atomic E-state index is 0.150. The predicted octanol–water partition coefficient (Wildman–Crippen LogP) is 3.28. The van der Waals surface area contributed by atoms with Crippen LogP contribution in [0.15, 0.2) is 24.3 Å². The van der Waals surface area contributed by atoms with Crippen molar-refractivity contribution in [3.63, 3.8) is 0 Å². The van der Waals surface area contributed by atoms with Gasteiger partial charge in [-0.3, -0.25) is 9.69 Å². The summed E-state index contributed by atoms with van der Waals surface area (Å²) in [7, 11) is 1.64. The lowest BCUT2D eigenvalue weighted by molar-refractivity contribution is 0.0450. The smallest absolute Gasteiger partial charge is 0.253 e. The minimum absolute atomic E-state index is 0.150. The molecule has 3 rings (SSSR count). The Hall–Kier alpha value is -1.55. The summed E-state index contributed by atoms with van der Waals surface area (Å²) in [6.07, 6.45) is 3.55. The second-order valence-corrected chi connectivity index (χ2v) is 7.65. The summed E-state index contributed by atoms with van der Waals surface area (Å²) in [4.78, 5) is 17.3. The van der Waals surface area contributed by atoms with E-state index < -0.39 is 0 Å². The Bertz CT molecular complexity index is 539. The molecule has 0 aromatic heterocycles. The molecule has 2 atom stereocenters. The lowest BCUT2D eigenvalue weighted by Gasteiger charge is -2.43. The average molecular weight is 330 g/mol. The summed E-state index contributed by atoms with van der Waals surface area (Å²) < 4.78 is 5.16. The Morgan fingerprint density at radius 2 is 1.62 bits per heavy atom. The molecule has 2 fully saturated rings. The summed E-state index contributed by atoms with van der Waals surface area (Å²) in [6.45, 7) is 8.92. The minimum Gasteiger partial charge on any atom is -0.497 e. The van der Waals surface area contributed by atoms with Gasteiger partial charge in [0.1, 0.15) is 5.75 Å². The molecule has 4 heteroatoms. The molecule has 0 bridgehead atoms. The summed E-state index contributed by atoms with van der Waals surface area (Å²) >= 11 is 0. The van der Waals surface area contributed by atoms with Crippen LogP contribution in [0.3, 0.4) is 0 Å². The summed E-state index contributed by atoms with van der Waals surface area (Å²) in [5.74, 6) is 2.54. The molecule has 2 heterocycles. The van der Waals surface area contributed by atoms with Crippen LogP contribution in [0.25, 0.3) is 0 Å². The number of methoxy groups -OCH3 is 1. The van der Waals surface area contributed by atoms with Crippen molar-refractivity contribution in [3.8, 4) is 5.75 Å². The van der Waals surface area contributed by atoms with E-state index in [4.69, 9.17) is 4.74 Å². The SMILES string of the molecule is COc1ccc(C(=O)N2CCC(N3C[C@H](C)C[C@H](C)C3)CC2)cc1. The van der Waals surface area contributed by atoms with Gasteiger partial charge in [0.05, 0.1) is 7.11 Å². The van der Waals surface area contributed by atoms with E-state index in [0.717, 1.165) is 49.1 Å². The number of hydrogen-bond donors (Lipinski definition) is 0. The second kappa shape index (κ2) is 7.56. The summed E-state index contributed by atoms with van der Waals surface area (Å²) in [6, 6.07) is 8.09. The van der Waals surface area contributed by atoms with Crippen molar-refractivity contribution in [2.75, 3.05) is 33.3 Å². The molecule has 2 saturated heterocycles. The topological polar surface area (TPSA) is 32.8 Å². The van der Waals surface area contributed by atoms with Crippen LogP contribution in [0, 0.1) is 11.8 Å². The third-order valence-electron chi connectivity index (χ3n) is 5.50. The molecule has 1 aromatic carbocycles. The molecule has 24 heavy (non-hydrogen) atoms. The van der Waals surface area contributed by atoms with Crippen LogP contribution >= 0.6 is 0 Å². The van der Waals surface area contributed by atoms with Crippen molar-refractivity contribution in [1.29, 1.82) is 0 Å². The molecule has 1 aromatic rings. The Kier molecular flexibility index (Phi) is 5.44. The fraction of sp³-hybridized carbons (Fsp3) is 0.650. The van der Waals surface area contributed by atoms with Crippen LogP contribution in [0.1, 0.15) is 43.5 Å². The van der Waals surface area contributed by atoms with Crippen LogP contribution < -0.4 is 4.74 Å². The molecule has 0 N–H and O–H groups in total. The van der Waals surface area contributed by atoms with Gasteiger partial charge in [-0.25, -0.2) is 0 Å². The lowest BCUT2D eigenvalue weighted by Crippen LogP contribution is -2.50. The maximum Gasteiger partial charge on any atom is 0.253 e. The Morgan fingerprint density at radius 1 is 1.04 bits per heavy atom. The fourth-order valence-electron chi connectivity index (χ4n) is 4.36. The lowest BCUT2D eigenvalue weighted by atomic mass is 9.89. The number of nitrogens with zero attached hydrogens (tertiary/aromatic N) is 2. The van der Waals surface area contributed by atoms with Crippen molar-refractivity contribution in [2.45, 2.75) is 39.2 Å². The normalized spacial score (nSPS) is 26.4. The van der Waals surface area contributed by atoms with Gasteiger partial charge in [0.15, 0.2) is 0 Å². The van der Waals surface area contributed by atoms with E-state index in [1.165, 1.54) is 19.5 Å². The van der Waals surface area contributed by atoms with Crippen LogP contribution in [0.4, 0.5) is 0 Å². The van der Waals surface area contributed by atoms with Gasteiger partial charge >= 0.3 is 0 Å². The highest BCUT2D eigenvalue weighted by molar-refractivity contribution is 5.94. The number of carbonyl (C=O) groups is 1. The van der Waals surface area contributed by atoms with Crippen molar-refractivity contribution in [1.82, 2.24) is 9.80 Å². The van der Waals surface area contributed by atoms with Gasteiger partial charge < -0.3 is 9.64 Å². The van der Waals surface area contributed by atoms with Gasteiger partial charge in [-0.15, -0.1) is 0 Å². The molecule has 0 saturated carbocycles. The van der Waals surface area contributed by atoms with Crippen LogP contribution in [-0.4, -0.2) is 55.0 Å². The average Bonchev–Trinajstić information content (AvgIpc) is 2.60. The number of carbonyl (C=O) groups excluding carboxylic acids is 1. The van der Waals surface area contributed by atoms with E-state index in [0.29, 0.717) is 6.04 Å². The molecule has 4 nitrogen and oxygen atoms in total. The maximum absolute atomic E-state index is 12.7. The third kappa shape index (κ3) is 3.92. The van der Waals surface area contributed by atoms with Crippen molar-refractivity contribution in [2.24, 2.45) is 11.8 Å². The maximum atomic E-state index is 12.7. The number of rotatable bonds is 3. The second-order valence-electron chi connectivity index (χ2n) is 7.65. The Morgan fingerprint density at radius 3 is 2.17 bits per heavy atom. The largest absolute Gasteiger partial charge is 0.497 e. The first-order valence-corrected chi connectivity index (χ1v) is 9.24. The quantitative estimate of drug-likeness (QED) is 0.853. The van der Waals surface area contributed by atoms with Crippen molar-refractivity contribution in [3.05, 3.63) is 29.8 Å². The molecule has 1 amide bonds. The molecule has 132 valence electrons. The van der Waals surface area contributed by atoms with Crippen molar-refractivity contribution >= 4 is 5.91 Å². The van der Waals surface area contributed by atoms with E-state index in [1.54, 1.807) is 7.11 Å². The number of piperidine rings is 2. The number of ether oxygens (including phenoxy) is 1. The van der Waals surface area contributed by atoms with E-state index in [9.17, 15) is 4.79 Å². The van der Waals surface area contributed by atoms with E-state index >= 15 is 0 Å². The number of likely N-dealkylation sites (tertiary alicyclic amines) is 2. The fourth-order valence-corrected chi connectivity index (χ4v) is 4.36. The van der Waals surface area contributed by atoms with Crippen LogP contribution in [0.2, 0.25) is 0 Å². The highest BCUT2D eigenvalue weighted by Crippen LogP contribution is 2.27. The number of benzene rings is 1. The van der Waals surface area contributed by atoms with Crippen LogP contribution in [-0.2, 0) is 0 Å². The highest BCUT2D eigenvalue weighted by atomic mass is 16.5. The summed E-state index contributed by atoms with van der Waals surface area (Å²) in [5.41, 5.74) is 0.759. The highest BCUT2D eigenvalue weighted by Gasteiger charge is 2.31. The Balaban J connectivity index is 1.55. The van der Waals surface area contributed by atoms with Crippen molar-refractivity contribution < 1.29 is 9.53 Å². The first kappa shape index (κ1) is 17.3. The molecular formula is C20H30N2O2. The Labute approximate surface area is 145 Å². The standard InChI is InChI=1S/C20H30N2O2/c1-15-12-16(2)14-22(13-15)18-8-10-21(11-9-18)20(23)17-4-6-19(24-3)7-5-17/h4-7,15-16,18H,8-14H2,1-3H3/t15-,16+. The zero-order valence-corrected chi connectivity index (χ0v) is 15.2. The number of hydrogen-bond acceptors (Lipinski definition) is 3. The first-order chi connectivity index (χ1) is 11.6. The molecule has 0 unspecified atom stereocenters.